The van der Waals surface area contributed by atoms with Crippen molar-refractivity contribution in [3.8, 4) is 0 Å². The van der Waals surface area contributed by atoms with Crippen molar-refractivity contribution in [2.24, 2.45) is 5.73 Å². The predicted octanol–water partition coefficient (Wildman–Crippen LogP) is 2.71. The molecule has 0 fully saturated rings. The lowest BCUT2D eigenvalue weighted by Gasteiger charge is -2.09. The molecule has 104 valence electrons. The van der Waals surface area contributed by atoms with Crippen molar-refractivity contribution < 1.29 is 9.53 Å². The molecule has 0 bridgehead atoms. The van der Waals surface area contributed by atoms with Gasteiger partial charge in [0.2, 0.25) is 0 Å². The zero-order valence-corrected chi connectivity index (χ0v) is 12.1. The van der Waals surface area contributed by atoms with Crippen LogP contribution < -0.4 is 5.73 Å². The molecule has 1 atom stereocenters. The molecule has 0 amide bonds. The van der Waals surface area contributed by atoms with E-state index in [4.69, 9.17) is 10.5 Å². The van der Waals surface area contributed by atoms with Crippen LogP contribution in [-0.2, 0) is 9.53 Å². The molecule has 3 nitrogen and oxygen atoms in total. The van der Waals surface area contributed by atoms with Crippen LogP contribution in [0.1, 0.15) is 18.9 Å². The van der Waals surface area contributed by atoms with Crippen molar-refractivity contribution in [1.29, 1.82) is 0 Å². The van der Waals surface area contributed by atoms with Crippen LogP contribution in [-0.4, -0.2) is 30.1 Å². The molecule has 0 heterocycles. The Morgan fingerprint density at radius 3 is 2.84 bits per heavy atom. The van der Waals surface area contributed by atoms with Crippen molar-refractivity contribution in [1.82, 2.24) is 0 Å². The highest BCUT2D eigenvalue weighted by Gasteiger charge is 2.13. The van der Waals surface area contributed by atoms with Gasteiger partial charge in [-0.05, 0) is 24.7 Å². The number of esters is 1. The Bertz CT molecular complexity index is 392. The predicted molar refractivity (Wildman–Crippen MR) is 82.0 cm³/mol. The van der Waals surface area contributed by atoms with E-state index in [0.29, 0.717) is 13.0 Å². The quantitative estimate of drug-likeness (QED) is 0.587. The number of ether oxygens (including phenoxy) is 1. The maximum Gasteiger partial charge on any atom is 0.322 e. The second-order valence-corrected chi connectivity index (χ2v) is 5.19. The molecular formula is C15H21NO2S. The van der Waals surface area contributed by atoms with Gasteiger partial charge in [0.25, 0.3) is 0 Å². The van der Waals surface area contributed by atoms with E-state index in [0.717, 1.165) is 11.5 Å². The number of carbonyl (C=O) groups excluding carboxylic acids is 1. The zero-order valence-electron chi connectivity index (χ0n) is 11.2. The second-order valence-electron chi connectivity index (χ2n) is 4.04. The van der Waals surface area contributed by atoms with Gasteiger partial charge in [-0.3, -0.25) is 4.79 Å². The van der Waals surface area contributed by atoms with E-state index in [1.807, 2.05) is 18.2 Å². The molecule has 1 unspecified atom stereocenters. The molecular weight excluding hydrogens is 258 g/mol. The fraction of sp³-hybridized carbons (Fsp3) is 0.400. The van der Waals surface area contributed by atoms with E-state index in [-0.39, 0.29) is 5.97 Å². The summed E-state index contributed by atoms with van der Waals surface area (Å²) in [7, 11) is 0. The number of hydrogen-bond acceptors (Lipinski definition) is 4. The molecule has 4 heteroatoms. The number of benzene rings is 1. The summed E-state index contributed by atoms with van der Waals surface area (Å²) < 4.78 is 4.85. The van der Waals surface area contributed by atoms with Gasteiger partial charge in [0.05, 0.1) is 6.61 Å². The van der Waals surface area contributed by atoms with E-state index in [1.165, 1.54) is 5.56 Å². The van der Waals surface area contributed by atoms with Gasteiger partial charge in [-0.15, -0.1) is 0 Å². The van der Waals surface area contributed by atoms with Crippen LogP contribution in [0.15, 0.2) is 36.4 Å². The monoisotopic (exact) mass is 279 g/mol. The molecule has 1 aromatic carbocycles. The number of hydrogen-bond donors (Lipinski definition) is 1. The van der Waals surface area contributed by atoms with Crippen molar-refractivity contribution in [3.63, 3.8) is 0 Å². The highest BCUT2D eigenvalue weighted by Crippen LogP contribution is 2.07. The fourth-order valence-corrected chi connectivity index (χ4v) is 2.30. The Morgan fingerprint density at radius 1 is 1.42 bits per heavy atom. The van der Waals surface area contributed by atoms with Crippen LogP contribution in [0.2, 0.25) is 0 Å². The summed E-state index contributed by atoms with van der Waals surface area (Å²) in [5.74, 6) is 1.48. The lowest BCUT2D eigenvalue weighted by atomic mass is 10.2. The standard InChI is InChI=1S/C15H21NO2S/c1-2-18-15(17)14(16)10-12-19-11-6-9-13-7-4-3-5-8-13/h3-9,14H,2,10-12,16H2,1H3/b9-6+. The van der Waals surface area contributed by atoms with Crippen molar-refractivity contribution >= 4 is 23.8 Å². The largest absolute Gasteiger partial charge is 0.465 e. The van der Waals surface area contributed by atoms with Crippen LogP contribution in [0.4, 0.5) is 0 Å². The van der Waals surface area contributed by atoms with Crippen LogP contribution in [0, 0.1) is 0 Å². The Balaban J connectivity index is 2.11. The Morgan fingerprint density at radius 2 is 2.16 bits per heavy atom. The fourth-order valence-electron chi connectivity index (χ4n) is 1.48. The van der Waals surface area contributed by atoms with Gasteiger partial charge < -0.3 is 10.5 Å². The molecule has 0 aliphatic rings. The number of rotatable bonds is 8. The van der Waals surface area contributed by atoms with Gasteiger partial charge in [0.15, 0.2) is 0 Å². The average molecular weight is 279 g/mol. The molecule has 0 spiro atoms. The van der Waals surface area contributed by atoms with E-state index in [1.54, 1.807) is 18.7 Å². The van der Waals surface area contributed by atoms with Crippen LogP contribution in [0.5, 0.6) is 0 Å². The molecule has 0 aliphatic heterocycles. The maximum absolute atomic E-state index is 11.3. The molecule has 0 saturated heterocycles. The van der Waals surface area contributed by atoms with Gasteiger partial charge in [0.1, 0.15) is 6.04 Å². The Hall–Kier alpha value is -1.26. The smallest absolute Gasteiger partial charge is 0.322 e. The van der Waals surface area contributed by atoms with Gasteiger partial charge in [-0.25, -0.2) is 0 Å². The molecule has 2 N–H and O–H groups in total. The van der Waals surface area contributed by atoms with Gasteiger partial charge in [-0.1, -0.05) is 42.5 Å². The highest BCUT2D eigenvalue weighted by molar-refractivity contribution is 7.99. The number of thioether (sulfide) groups is 1. The minimum absolute atomic E-state index is 0.303. The van der Waals surface area contributed by atoms with Crippen LogP contribution >= 0.6 is 11.8 Å². The zero-order chi connectivity index (χ0) is 13.9. The summed E-state index contributed by atoms with van der Waals surface area (Å²) in [5, 5.41) is 0. The SMILES string of the molecule is CCOC(=O)C(N)CCSC/C=C/c1ccccc1. The minimum atomic E-state index is -0.495. The summed E-state index contributed by atoms with van der Waals surface area (Å²) in [6.07, 6.45) is 4.87. The highest BCUT2D eigenvalue weighted by atomic mass is 32.2. The van der Waals surface area contributed by atoms with Crippen molar-refractivity contribution in [3.05, 3.63) is 42.0 Å². The van der Waals surface area contributed by atoms with Crippen LogP contribution in [0.3, 0.4) is 0 Å². The van der Waals surface area contributed by atoms with Crippen LogP contribution in [0.25, 0.3) is 6.08 Å². The van der Waals surface area contributed by atoms with Gasteiger partial charge in [-0.2, -0.15) is 11.8 Å². The molecule has 0 aromatic heterocycles. The summed E-state index contributed by atoms with van der Waals surface area (Å²) in [4.78, 5) is 11.3. The maximum atomic E-state index is 11.3. The molecule has 1 rings (SSSR count). The van der Waals surface area contributed by atoms with E-state index >= 15 is 0 Å². The minimum Gasteiger partial charge on any atom is -0.465 e. The van der Waals surface area contributed by atoms with E-state index in [9.17, 15) is 4.79 Å². The van der Waals surface area contributed by atoms with E-state index < -0.39 is 6.04 Å². The third-order valence-electron chi connectivity index (χ3n) is 2.49. The first-order chi connectivity index (χ1) is 9.24. The molecule has 19 heavy (non-hydrogen) atoms. The first-order valence-corrected chi connectivity index (χ1v) is 7.61. The molecule has 0 aliphatic carbocycles. The second kappa shape index (κ2) is 9.64. The third-order valence-corrected chi connectivity index (χ3v) is 3.44. The summed E-state index contributed by atoms with van der Waals surface area (Å²) in [6, 6.07) is 9.68. The normalized spacial score (nSPS) is 12.5. The van der Waals surface area contributed by atoms with Crippen molar-refractivity contribution in [2.75, 3.05) is 18.1 Å². The summed E-state index contributed by atoms with van der Waals surface area (Å²) in [6.45, 7) is 2.17. The first-order valence-electron chi connectivity index (χ1n) is 6.45. The number of nitrogens with two attached hydrogens (primary N) is 1. The van der Waals surface area contributed by atoms with Gasteiger partial charge in [0, 0.05) is 5.75 Å². The Labute approximate surface area is 119 Å². The van der Waals surface area contributed by atoms with Gasteiger partial charge >= 0.3 is 5.97 Å². The first kappa shape index (κ1) is 15.8. The molecule has 0 radical (unpaired) electrons. The molecule has 1 aromatic rings. The number of carbonyl (C=O) groups is 1. The van der Waals surface area contributed by atoms with Crippen molar-refractivity contribution in [2.45, 2.75) is 19.4 Å². The molecule has 0 saturated carbocycles. The average Bonchev–Trinajstić information content (AvgIpc) is 2.43. The topological polar surface area (TPSA) is 52.3 Å². The lowest BCUT2D eigenvalue weighted by Crippen LogP contribution is -2.32. The summed E-state index contributed by atoms with van der Waals surface area (Å²) in [5.41, 5.74) is 6.90. The lowest BCUT2D eigenvalue weighted by molar-refractivity contribution is -0.144. The Kier molecular flexibility index (Phi) is 8.02. The summed E-state index contributed by atoms with van der Waals surface area (Å²) >= 11 is 1.76. The van der Waals surface area contributed by atoms with E-state index in [2.05, 4.69) is 24.3 Å². The third kappa shape index (κ3) is 7.03.